The van der Waals surface area contributed by atoms with Gasteiger partial charge in [-0.2, -0.15) is 0 Å². The molecule has 0 radical (unpaired) electrons. The molecule has 1 heterocycles. The van der Waals surface area contributed by atoms with Crippen LogP contribution in [-0.4, -0.2) is 11.0 Å². The van der Waals surface area contributed by atoms with Gasteiger partial charge < -0.3 is 5.32 Å². The smallest absolute Gasteiger partial charge is 0.184 e. The van der Waals surface area contributed by atoms with E-state index in [2.05, 4.69) is 24.1 Å². The summed E-state index contributed by atoms with van der Waals surface area (Å²) in [5.41, 5.74) is 0.868. The van der Waals surface area contributed by atoms with Crippen LogP contribution in [0.1, 0.15) is 46.0 Å². The zero-order chi connectivity index (χ0) is 13.7. The molecule has 1 unspecified atom stereocenters. The molecule has 0 spiro atoms. The number of anilines is 1. The molecule has 0 fully saturated rings. The number of fused-ring (bicyclic) bond motifs is 1. The van der Waals surface area contributed by atoms with Crippen LogP contribution in [0.15, 0.2) is 18.2 Å². The van der Waals surface area contributed by atoms with Gasteiger partial charge in [-0.05, 0) is 31.5 Å². The Bertz CT molecular complexity index is 524. The number of thiazole rings is 1. The summed E-state index contributed by atoms with van der Waals surface area (Å²) in [6.07, 6.45) is 6.29. The molecule has 0 aliphatic rings. The molecule has 2 nitrogen and oxygen atoms in total. The summed E-state index contributed by atoms with van der Waals surface area (Å²) in [6, 6.07) is 5.16. The van der Waals surface area contributed by atoms with Gasteiger partial charge in [-0.15, -0.1) is 0 Å². The van der Waals surface area contributed by atoms with Crippen molar-refractivity contribution in [3.8, 4) is 0 Å². The molecule has 0 amide bonds. The van der Waals surface area contributed by atoms with Crippen molar-refractivity contribution in [3.63, 3.8) is 0 Å². The molecule has 0 saturated heterocycles. The van der Waals surface area contributed by atoms with Crippen molar-refractivity contribution in [2.45, 2.75) is 52.0 Å². The highest BCUT2D eigenvalue weighted by molar-refractivity contribution is 7.22. The monoisotopic (exact) mass is 280 g/mol. The Kier molecular flexibility index (Phi) is 5.14. The van der Waals surface area contributed by atoms with Gasteiger partial charge in [0.2, 0.25) is 0 Å². The predicted octanol–water partition coefficient (Wildman–Crippen LogP) is 5.21. The van der Waals surface area contributed by atoms with E-state index in [-0.39, 0.29) is 5.82 Å². The first-order chi connectivity index (χ1) is 9.19. The first kappa shape index (κ1) is 14.3. The van der Waals surface area contributed by atoms with Gasteiger partial charge >= 0.3 is 0 Å². The van der Waals surface area contributed by atoms with Crippen LogP contribution in [0.4, 0.5) is 9.52 Å². The summed E-state index contributed by atoms with van der Waals surface area (Å²) < 4.78 is 14.0. The van der Waals surface area contributed by atoms with Crippen molar-refractivity contribution in [1.82, 2.24) is 4.98 Å². The van der Waals surface area contributed by atoms with E-state index in [1.165, 1.54) is 43.1 Å². The summed E-state index contributed by atoms with van der Waals surface area (Å²) in [6.45, 7) is 4.40. The van der Waals surface area contributed by atoms with Crippen LogP contribution in [0.2, 0.25) is 0 Å². The standard InChI is InChI=1S/C15H21FN2S/c1-3-4-5-6-7-11(2)17-15-18-13-9-8-12(16)10-14(13)19-15/h8-11H,3-7H2,1-2H3,(H,17,18). The molecule has 0 aliphatic carbocycles. The predicted molar refractivity (Wildman–Crippen MR) is 81.4 cm³/mol. The Morgan fingerprint density at radius 2 is 2.16 bits per heavy atom. The molecule has 0 aliphatic heterocycles. The third-order valence-corrected chi connectivity index (χ3v) is 4.16. The Morgan fingerprint density at radius 1 is 1.32 bits per heavy atom. The number of halogens is 1. The number of unbranched alkanes of at least 4 members (excludes halogenated alkanes) is 3. The largest absolute Gasteiger partial charge is 0.359 e. The van der Waals surface area contributed by atoms with E-state index in [0.717, 1.165) is 21.8 Å². The van der Waals surface area contributed by atoms with E-state index < -0.39 is 0 Å². The van der Waals surface area contributed by atoms with E-state index in [1.807, 2.05) is 0 Å². The zero-order valence-corrected chi connectivity index (χ0v) is 12.4. The highest BCUT2D eigenvalue weighted by Crippen LogP contribution is 2.27. The fourth-order valence-corrected chi connectivity index (χ4v) is 3.12. The lowest BCUT2D eigenvalue weighted by Gasteiger charge is -2.12. The van der Waals surface area contributed by atoms with E-state index in [1.54, 1.807) is 12.1 Å². The second kappa shape index (κ2) is 6.85. The quantitative estimate of drug-likeness (QED) is 0.704. The van der Waals surface area contributed by atoms with Crippen molar-refractivity contribution in [3.05, 3.63) is 24.0 Å². The average Bonchev–Trinajstić information content (AvgIpc) is 2.76. The van der Waals surface area contributed by atoms with E-state index in [9.17, 15) is 4.39 Å². The third kappa shape index (κ3) is 4.16. The average molecular weight is 280 g/mol. The molecule has 1 atom stereocenters. The maximum Gasteiger partial charge on any atom is 0.184 e. The molecule has 0 bridgehead atoms. The van der Waals surface area contributed by atoms with Crippen molar-refractivity contribution in [2.75, 3.05) is 5.32 Å². The number of hydrogen-bond donors (Lipinski definition) is 1. The normalized spacial score (nSPS) is 12.8. The molecule has 1 N–H and O–H groups in total. The first-order valence-electron chi connectivity index (χ1n) is 7.01. The van der Waals surface area contributed by atoms with Crippen molar-refractivity contribution in [1.29, 1.82) is 0 Å². The lowest BCUT2D eigenvalue weighted by molar-refractivity contribution is 0.594. The fourth-order valence-electron chi connectivity index (χ4n) is 2.12. The molecule has 2 rings (SSSR count). The molecule has 1 aromatic heterocycles. The highest BCUT2D eigenvalue weighted by Gasteiger charge is 2.07. The second-order valence-corrected chi connectivity index (χ2v) is 6.06. The van der Waals surface area contributed by atoms with E-state index in [4.69, 9.17) is 0 Å². The van der Waals surface area contributed by atoms with E-state index >= 15 is 0 Å². The fraction of sp³-hybridized carbons (Fsp3) is 0.533. The summed E-state index contributed by atoms with van der Waals surface area (Å²) in [5.74, 6) is -0.199. The van der Waals surface area contributed by atoms with Crippen LogP contribution in [0.5, 0.6) is 0 Å². The minimum Gasteiger partial charge on any atom is -0.359 e. The molecular weight excluding hydrogens is 259 g/mol. The molecule has 104 valence electrons. The van der Waals surface area contributed by atoms with Crippen LogP contribution >= 0.6 is 11.3 Å². The van der Waals surface area contributed by atoms with Crippen LogP contribution < -0.4 is 5.32 Å². The summed E-state index contributed by atoms with van der Waals surface area (Å²) >= 11 is 1.52. The van der Waals surface area contributed by atoms with Gasteiger partial charge in [0.05, 0.1) is 10.2 Å². The number of nitrogens with one attached hydrogen (secondary N) is 1. The lowest BCUT2D eigenvalue weighted by atomic mass is 10.1. The van der Waals surface area contributed by atoms with Crippen molar-refractivity contribution >= 4 is 26.7 Å². The molecule has 0 saturated carbocycles. The van der Waals surface area contributed by atoms with E-state index in [0.29, 0.717) is 6.04 Å². The number of benzene rings is 1. The zero-order valence-electron chi connectivity index (χ0n) is 11.6. The Balaban J connectivity index is 1.89. The molecule has 4 heteroatoms. The Hall–Kier alpha value is -1.16. The van der Waals surface area contributed by atoms with Gasteiger partial charge in [0, 0.05) is 6.04 Å². The minimum atomic E-state index is -0.199. The maximum absolute atomic E-state index is 13.1. The number of nitrogens with zero attached hydrogens (tertiary/aromatic N) is 1. The van der Waals surface area contributed by atoms with Crippen LogP contribution in [-0.2, 0) is 0 Å². The highest BCUT2D eigenvalue weighted by atomic mass is 32.1. The van der Waals surface area contributed by atoms with Gasteiger partial charge in [0.1, 0.15) is 5.82 Å². The Labute approximate surface area is 118 Å². The lowest BCUT2D eigenvalue weighted by Crippen LogP contribution is -2.14. The van der Waals surface area contributed by atoms with Crippen LogP contribution in [0, 0.1) is 5.82 Å². The first-order valence-corrected chi connectivity index (χ1v) is 7.83. The van der Waals surface area contributed by atoms with Gasteiger partial charge in [-0.1, -0.05) is 43.9 Å². The summed E-state index contributed by atoms with van der Waals surface area (Å²) in [4.78, 5) is 4.48. The molecular formula is C15H21FN2S. The minimum absolute atomic E-state index is 0.199. The number of rotatable bonds is 7. The Morgan fingerprint density at radius 3 is 2.95 bits per heavy atom. The van der Waals surface area contributed by atoms with Gasteiger partial charge in [-0.3, -0.25) is 0 Å². The molecule has 19 heavy (non-hydrogen) atoms. The van der Waals surface area contributed by atoms with Gasteiger partial charge in [-0.25, -0.2) is 9.37 Å². The van der Waals surface area contributed by atoms with Gasteiger partial charge in [0.25, 0.3) is 0 Å². The van der Waals surface area contributed by atoms with Gasteiger partial charge in [0.15, 0.2) is 5.13 Å². The summed E-state index contributed by atoms with van der Waals surface area (Å²) in [7, 11) is 0. The molecule has 2 aromatic rings. The maximum atomic E-state index is 13.1. The SMILES string of the molecule is CCCCCCC(C)Nc1nc2ccc(F)cc2s1. The summed E-state index contributed by atoms with van der Waals surface area (Å²) in [5, 5.41) is 4.30. The topological polar surface area (TPSA) is 24.9 Å². The van der Waals surface area contributed by atoms with Crippen LogP contribution in [0.25, 0.3) is 10.2 Å². The third-order valence-electron chi connectivity index (χ3n) is 3.21. The van der Waals surface area contributed by atoms with Crippen molar-refractivity contribution < 1.29 is 4.39 Å². The van der Waals surface area contributed by atoms with Crippen LogP contribution in [0.3, 0.4) is 0 Å². The van der Waals surface area contributed by atoms with Crippen molar-refractivity contribution in [2.24, 2.45) is 0 Å². The molecule has 1 aromatic carbocycles. The number of hydrogen-bond acceptors (Lipinski definition) is 3. The number of aromatic nitrogens is 1. The second-order valence-electron chi connectivity index (χ2n) is 5.03.